The van der Waals surface area contributed by atoms with Gasteiger partial charge in [-0.1, -0.05) is 12.8 Å². The second-order valence-corrected chi connectivity index (χ2v) is 5.95. The summed E-state index contributed by atoms with van der Waals surface area (Å²) in [6.07, 6.45) is 4.17. The van der Waals surface area contributed by atoms with Crippen molar-refractivity contribution in [3.8, 4) is 0 Å². The van der Waals surface area contributed by atoms with E-state index < -0.39 is 0 Å². The van der Waals surface area contributed by atoms with Gasteiger partial charge in [-0.3, -0.25) is 14.3 Å². The van der Waals surface area contributed by atoms with Gasteiger partial charge in [-0.25, -0.2) is 0 Å². The summed E-state index contributed by atoms with van der Waals surface area (Å²) < 4.78 is 1.72. The van der Waals surface area contributed by atoms with Crippen LogP contribution in [0.3, 0.4) is 0 Å². The molecule has 0 unspecified atom stereocenters. The second-order valence-electron chi connectivity index (χ2n) is 5.95. The monoisotopic (exact) mass is 290 g/mol. The van der Waals surface area contributed by atoms with E-state index in [4.69, 9.17) is 0 Å². The van der Waals surface area contributed by atoms with E-state index in [1.807, 2.05) is 19.9 Å². The molecule has 2 heterocycles. The predicted molar refractivity (Wildman–Crippen MR) is 77.9 cm³/mol. The number of hydrogen-bond acceptors (Lipinski definition) is 3. The lowest BCUT2D eigenvalue weighted by Gasteiger charge is -2.43. The molecule has 2 fully saturated rings. The number of aryl methyl sites for hydroxylation is 2. The lowest BCUT2D eigenvalue weighted by Crippen LogP contribution is -2.63. The number of fused-ring (bicyclic) bond motifs is 1. The summed E-state index contributed by atoms with van der Waals surface area (Å²) in [4.78, 5) is 26.5. The molecule has 2 aliphatic rings. The van der Waals surface area contributed by atoms with Crippen LogP contribution in [0.1, 0.15) is 48.8 Å². The lowest BCUT2D eigenvalue weighted by atomic mass is 9.87. The molecule has 0 spiro atoms. The molecule has 3 rings (SSSR count). The number of piperazine rings is 1. The third-order valence-corrected chi connectivity index (χ3v) is 4.47. The van der Waals surface area contributed by atoms with Gasteiger partial charge >= 0.3 is 0 Å². The van der Waals surface area contributed by atoms with Crippen LogP contribution in [0.15, 0.2) is 6.07 Å². The Morgan fingerprint density at radius 3 is 2.95 bits per heavy atom. The zero-order chi connectivity index (χ0) is 15.0. The molecule has 0 aromatic carbocycles. The Kier molecular flexibility index (Phi) is 3.69. The fraction of sp³-hybridized carbons (Fsp3) is 0.667. The quantitative estimate of drug-likeness (QED) is 0.886. The minimum Gasteiger partial charge on any atom is -0.350 e. The smallest absolute Gasteiger partial charge is 0.272 e. The topological polar surface area (TPSA) is 67.2 Å². The van der Waals surface area contributed by atoms with Crippen LogP contribution in [0.4, 0.5) is 0 Å². The van der Waals surface area contributed by atoms with Crippen molar-refractivity contribution < 1.29 is 9.59 Å². The number of amides is 2. The first-order valence-corrected chi connectivity index (χ1v) is 7.75. The van der Waals surface area contributed by atoms with Gasteiger partial charge in [-0.15, -0.1) is 0 Å². The number of carbonyl (C=O) groups excluding carboxylic acids is 2. The summed E-state index contributed by atoms with van der Waals surface area (Å²) in [7, 11) is 0. The van der Waals surface area contributed by atoms with Crippen molar-refractivity contribution in [3.05, 3.63) is 17.5 Å². The van der Waals surface area contributed by atoms with Gasteiger partial charge in [0.25, 0.3) is 5.91 Å². The van der Waals surface area contributed by atoms with Crippen molar-refractivity contribution in [2.45, 2.75) is 58.2 Å². The van der Waals surface area contributed by atoms with Crippen LogP contribution < -0.4 is 5.32 Å². The summed E-state index contributed by atoms with van der Waals surface area (Å²) in [5, 5.41) is 7.37. The van der Waals surface area contributed by atoms with Crippen LogP contribution in [0.25, 0.3) is 0 Å². The molecule has 0 radical (unpaired) electrons. The molecule has 1 aliphatic heterocycles. The summed E-state index contributed by atoms with van der Waals surface area (Å²) in [5.41, 5.74) is 1.43. The molecular formula is C15H22N4O2. The summed E-state index contributed by atoms with van der Waals surface area (Å²) in [6.45, 7) is 4.67. The van der Waals surface area contributed by atoms with Gasteiger partial charge < -0.3 is 10.2 Å². The maximum absolute atomic E-state index is 12.9. The lowest BCUT2D eigenvalue weighted by molar-refractivity contribution is -0.127. The average Bonchev–Trinajstić information content (AvgIpc) is 2.86. The molecule has 21 heavy (non-hydrogen) atoms. The fourth-order valence-corrected chi connectivity index (χ4v) is 3.51. The SMILES string of the molecule is CCn1nc(C)cc1C(=O)N1CC(=O)N[C@H]2CCCC[C@@H]21. The second kappa shape index (κ2) is 5.50. The maximum Gasteiger partial charge on any atom is 0.272 e. The number of aromatic nitrogens is 2. The Bertz CT molecular complexity index is 566. The van der Waals surface area contributed by atoms with Crippen molar-refractivity contribution >= 4 is 11.8 Å². The van der Waals surface area contributed by atoms with E-state index in [0.29, 0.717) is 12.2 Å². The molecule has 1 aromatic rings. The number of carbonyl (C=O) groups is 2. The van der Waals surface area contributed by atoms with Crippen LogP contribution in [0.2, 0.25) is 0 Å². The van der Waals surface area contributed by atoms with Crippen molar-refractivity contribution in [2.24, 2.45) is 0 Å². The van der Waals surface area contributed by atoms with Gasteiger partial charge in [0.15, 0.2) is 0 Å². The van der Waals surface area contributed by atoms with E-state index in [9.17, 15) is 9.59 Å². The van der Waals surface area contributed by atoms with Crippen LogP contribution in [0, 0.1) is 6.92 Å². The van der Waals surface area contributed by atoms with Gasteiger partial charge in [0, 0.05) is 12.6 Å². The number of nitrogens with zero attached hydrogens (tertiary/aromatic N) is 3. The zero-order valence-corrected chi connectivity index (χ0v) is 12.6. The minimum atomic E-state index is -0.0656. The fourth-order valence-electron chi connectivity index (χ4n) is 3.51. The van der Waals surface area contributed by atoms with Crippen LogP contribution in [0.5, 0.6) is 0 Å². The Morgan fingerprint density at radius 1 is 1.43 bits per heavy atom. The molecule has 2 atom stereocenters. The summed E-state index contributed by atoms with van der Waals surface area (Å²) in [6, 6.07) is 2.06. The van der Waals surface area contributed by atoms with Crippen molar-refractivity contribution in [3.63, 3.8) is 0 Å². The highest BCUT2D eigenvalue weighted by Gasteiger charge is 2.39. The predicted octanol–water partition coefficient (Wildman–Crippen LogP) is 1.09. The maximum atomic E-state index is 12.9. The molecule has 6 heteroatoms. The van der Waals surface area contributed by atoms with Crippen LogP contribution in [-0.4, -0.2) is 45.1 Å². The molecule has 2 amide bonds. The summed E-state index contributed by atoms with van der Waals surface area (Å²) in [5.74, 6) is -0.116. The first-order chi connectivity index (χ1) is 10.1. The van der Waals surface area contributed by atoms with E-state index in [2.05, 4.69) is 10.4 Å². The number of nitrogens with one attached hydrogen (secondary N) is 1. The zero-order valence-electron chi connectivity index (χ0n) is 12.6. The van der Waals surface area contributed by atoms with Gasteiger partial charge in [0.05, 0.1) is 11.7 Å². The highest BCUT2D eigenvalue weighted by atomic mass is 16.2. The number of rotatable bonds is 2. The van der Waals surface area contributed by atoms with E-state index in [-0.39, 0.29) is 30.4 Å². The van der Waals surface area contributed by atoms with E-state index >= 15 is 0 Å². The van der Waals surface area contributed by atoms with Gasteiger partial charge in [0.2, 0.25) is 5.91 Å². The summed E-state index contributed by atoms with van der Waals surface area (Å²) >= 11 is 0. The third kappa shape index (κ3) is 2.54. The van der Waals surface area contributed by atoms with Crippen molar-refractivity contribution in [1.29, 1.82) is 0 Å². The first-order valence-electron chi connectivity index (χ1n) is 7.75. The molecule has 1 saturated heterocycles. The Balaban J connectivity index is 1.89. The van der Waals surface area contributed by atoms with Crippen molar-refractivity contribution in [1.82, 2.24) is 20.0 Å². The third-order valence-electron chi connectivity index (χ3n) is 4.47. The van der Waals surface area contributed by atoms with Crippen molar-refractivity contribution in [2.75, 3.05) is 6.54 Å². The van der Waals surface area contributed by atoms with E-state index in [0.717, 1.165) is 31.4 Å². The standard InChI is InChI=1S/C15H22N4O2/c1-3-19-13(8-10(2)17-19)15(21)18-9-14(20)16-11-6-4-5-7-12(11)18/h8,11-12H,3-7,9H2,1-2H3,(H,16,20)/t11-,12-/m0/s1. The van der Waals surface area contributed by atoms with E-state index in [1.54, 1.807) is 9.58 Å². The van der Waals surface area contributed by atoms with Gasteiger partial charge in [-0.2, -0.15) is 5.10 Å². The molecule has 1 aliphatic carbocycles. The van der Waals surface area contributed by atoms with Gasteiger partial charge in [0.1, 0.15) is 12.2 Å². The van der Waals surface area contributed by atoms with E-state index in [1.165, 1.54) is 0 Å². The highest BCUT2D eigenvalue weighted by molar-refractivity contribution is 5.96. The molecule has 1 N–H and O–H groups in total. The normalized spacial score (nSPS) is 25.4. The Morgan fingerprint density at radius 2 is 2.19 bits per heavy atom. The Labute approximate surface area is 124 Å². The highest BCUT2D eigenvalue weighted by Crippen LogP contribution is 2.27. The van der Waals surface area contributed by atoms with Crippen LogP contribution in [-0.2, 0) is 11.3 Å². The molecule has 1 saturated carbocycles. The molecule has 6 nitrogen and oxygen atoms in total. The number of hydrogen-bond donors (Lipinski definition) is 1. The molecular weight excluding hydrogens is 268 g/mol. The van der Waals surface area contributed by atoms with Crippen LogP contribution >= 0.6 is 0 Å². The first kappa shape index (κ1) is 14.1. The molecule has 1 aromatic heterocycles. The van der Waals surface area contributed by atoms with Gasteiger partial charge in [-0.05, 0) is 32.8 Å². The average molecular weight is 290 g/mol. The molecule has 114 valence electrons. The Hall–Kier alpha value is -1.85. The largest absolute Gasteiger partial charge is 0.350 e. The minimum absolute atomic E-state index is 0.0502. The molecule has 0 bridgehead atoms.